The molecular formula is C21H24N2O6. The van der Waals surface area contributed by atoms with Crippen LogP contribution in [-0.2, 0) is 0 Å². The molecule has 1 saturated heterocycles. The molecule has 0 radical (unpaired) electrons. The van der Waals surface area contributed by atoms with Crippen molar-refractivity contribution in [3.05, 3.63) is 47.5 Å². The van der Waals surface area contributed by atoms with Gasteiger partial charge in [-0.05, 0) is 43.2 Å². The van der Waals surface area contributed by atoms with E-state index in [2.05, 4.69) is 5.32 Å². The molecule has 0 saturated carbocycles. The average Bonchev–Trinajstić information content (AvgIpc) is 2.72. The summed E-state index contributed by atoms with van der Waals surface area (Å²) >= 11 is 0. The third-order valence-corrected chi connectivity index (χ3v) is 4.91. The standard InChI is InChI=1S/C21H24N2O6/c1-28-18-4-3-13(11-19(18)29-2)20(26)22-15-5-7-23(8-6-15)21(27)14-9-16(24)12-17(25)10-14/h3-4,9-12,15,24-25H,5-8H2,1-2H3,(H,22,26). The van der Waals surface area contributed by atoms with Crippen molar-refractivity contribution < 1.29 is 29.3 Å². The van der Waals surface area contributed by atoms with E-state index in [1.807, 2.05) is 0 Å². The quantitative estimate of drug-likeness (QED) is 0.710. The van der Waals surface area contributed by atoms with Crippen LogP contribution in [0.4, 0.5) is 0 Å². The van der Waals surface area contributed by atoms with E-state index in [-0.39, 0.29) is 34.9 Å². The number of phenols is 2. The highest BCUT2D eigenvalue weighted by atomic mass is 16.5. The summed E-state index contributed by atoms with van der Waals surface area (Å²) in [5, 5.41) is 22.1. The molecule has 2 aromatic carbocycles. The maximum Gasteiger partial charge on any atom is 0.254 e. The predicted molar refractivity (Wildman–Crippen MR) is 106 cm³/mol. The Kier molecular flexibility index (Phi) is 6.11. The minimum absolute atomic E-state index is 0.0581. The van der Waals surface area contributed by atoms with Gasteiger partial charge in [-0.15, -0.1) is 0 Å². The second-order valence-electron chi connectivity index (χ2n) is 6.85. The third-order valence-electron chi connectivity index (χ3n) is 4.91. The molecule has 0 bridgehead atoms. The second-order valence-corrected chi connectivity index (χ2v) is 6.85. The molecule has 8 heteroatoms. The Morgan fingerprint density at radius 3 is 2.14 bits per heavy atom. The average molecular weight is 400 g/mol. The summed E-state index contributed by atoms with van der Waals surface area (Å²) in [6.45, 7) is 0.929. The fourth-order valence-corrected chi connectivity index (χ4v) is 3.37. The second kappa shape index (κ2) is 8.72. The lowest BCUT2D eigenvalue weighted by atomic mass is 10.0. The number of carbonyl (C=O) groups excluding carboxylic acids is 2. The van der Waals surface area contributed by atoms with Crippen LogP contribution in [0.5, 0.6) is 23.0 Å². The fourth-order valence-electron chi connectivity index (χ4n) is 3.37. The minimum atomic E-state index is -0.263. The molecule has 29 heavy (non-hydrogen) atoms. The van der Waals surface area contributed by atoms with Gasteiger partial charge in [0.2, 0.25) is 0 Å². The van der Waals surface area contributed by atoms with Crippen LogP contribution < -0.4 is 14.8 Å². The van der Waals surface area contributed by atoms with Gasteiger partial charge < -0.3 is 29.9 Å². The summed E-state index contributed by atoms with van der Waals surface area (Å²) in [6, 6.07) is 8.74. The Morgan fingerprint density at radius 1 is 0.931 bits per heavy atom. The first kappa shape index (κ1) is 20.3. The van der Waals surface area contributed by atoms with Gasteiger partial charge in [0, 0.05) is 36.3 Å². The molecule has 3 rings (SSSR count). The molecule has 154 valence electrons. The van der Waals surface area contributed by atoms with Crippen LogP contribution in [0.25, 0.3) is 0 Å². The number of nitrogens with zero attached hydrogens (tertiary/aromatic N) is 1. The largest absolute Gasteiger partial charge is 0.508 e. The van der Waals surface area contributed by atoms with E-state index >= 15 is 0 Å². The van der Waals surface area contributed by atoms with Crippen LogP contribution >= 0.6 is 0 Å². The van der Waals surface area contributed by atoms with E-state index < -0.39 is 0 Å². The number of likely N-dealkylation sites (tertiary alicyclic amines) is 1. The number of amides is 2. The molecular weight excluding hydrogens is 376 g/mol. The van der Waals surface area contributed by atoms with Gasteiger partial charge in [0.25, 0.3) is 11.8 Å². The van der Waals surface area contributed by atoms with E-state index in [0.717, 1.165) is 0 Å². The van der Waals surface area contributed by atoms with Gasteiger partial charge in [-0.3, -0.25) is 9.59 Å². The predicted octanol–water partition coefficient (Wildman–Crippen LogP) is 2.15. The SMILES string of the molecule is COc1ccc(C(=O)NC2CCN(C(=O)c3cc(O)cc(O)c3)CC2)cc1OC. The number of benzene rings is 2. The van der Waals surface area contributed by atoms with Crippen LogP contribution in [0.15, 0.2) is 36.4 Å². The Bertz CT molecular complexity index is 886. The number of nitrogens with one attached hydrogen (secondary N) is 1. The number of phenolic OH excluding ortho intramolecular Hbond substituents is 2. The monoisotopic (exact) mass is 400 g/mol. The molecule has 0 unspecified atom stereocenters. The molecule has 1 aliphatic rings. The van der Waals surface area contributed by atoms with Crippen molar-refractivity contribution in [3.63, 3.8) is 0 Å². The lowest BCUT2D eigenvalue weighted by Crippen LogP contribution is -2.46. The Balaban J connectivity index is 1.58. The highest BCUT2D eigenvalue weighted by Gasteiger charge is 2.25. The first-order valence-corrected chi connectivity index (χ1v) is 9.26. The van der Waals surface area contributed by atoms with Gasteiger partial charge in [0.1, 0.15) is 11.5 Å². The Labute approximate surface area is 168 Å². The Morgan fingerprint density at radius 2 is 1.55 bits per heavy atom. The number of piperidine rings is 1. The van der Waals surface area contributed by atoms with Crippen molar-refractivity contribution in [2.45, 2.75) is 18.9 Å². The zero-order valence-electron chi connectivity index (χ0n) is 16.3. The van der Waals surface area contributed by atoms with Crippen LogP contribution in [-0.4, -0.2) is 60.3 Å². The van der Waals surface area contributed by atoms with E-state index in [4.69, 9.17) is 9.47 Å². The van der Waals surface area contributed by atoms with E-state index in [1.54, 1.807) is 23.1 Å². The fraction of sp³-hybridized carbons (Fsp3) is 0.333. The number of hydrogen-bond acceptors (Lipinski definition) is 6. The molecule has 0 atom stereocenters. The summed E-state index contributed by atoms with van der Waals surface area (Å²) in [6.07, 6.45) is 1.21. The first-order chi connectivity index (χ1) is 13.9. The Hall–Kier alpha value is -3.42. The van der Waals surface area contributed by atoms with E-state index in [9.17, 15) is 19.8 Å². The van der Waals surface area contributed by atoms with Crippen LogP contribution in [0.1, 0.15) is 33.6 Å². The molecule has 1 heterocycles. The summed E-state index contributed by atoms with van der Waals surface area (Å²) in [5.74, 6) is 0.231. The van der Waals surface area contributed by atoms with E-state index in [1.165, 1.54) is 32.4 Å². The molecule has 0 aliphatic carbocycles. The van der Waals surface area contributed by atoms with Gasteiger partial charge in [-0.2, -0.15) is 0 Å². The van der Waals surface area contributed by atoms with Gasteiger partial charge in [0.05, 0.1) is 14.2 Å². The molecule has 3 N–H and O–H groups in total. The number of methoxy groups -OCH3 is 2. The molecule has 8 nitrogen and oxygen atoms in total. The first-order valence-electron chi connectivity index (χ1n) is 9.26. The van der Waals surface area contributed by atoms with Crippen molar-refractivity contribution in [1.82, 2.24) is 10.2 Å². The van der Waals surface area contributed by atoms with Crippen LogP contribution in [0.3, 0.4) is 0 Å². The molecule has 2 aromatic rings. The number of aromatic hydroxyl groups is 2. The molecule has 1 aliphatic heterocycles. The topological polar surface area (TPSA) is 108 Å². The summed E-state index contributed by atoms with van der Waals surface area (Å²) < 4.78 is 10.4. The zero-order chi connectivity index (χ0) is 21.0. The number of carbonyl (C=O) groups is 2. The lowest BCUT2D eigenvalue weighted by molar-refractivity contribution is 0.0697. The van der Waals surface area contributed by atoms with Crippen molar-refractivity contribution >= 4 is 11.8 Å². The maximum atomic E-state index is 12.6. The van der Waals surface area contributed by atoms with Crippen molar-refractivity contribution in [2.75, 3.05) is 27.3 Å². The highest BCUT2D eigenvalue weighted by molar-refractivity contribution is 5.96. The lowest BCUT2D eigenvalue weighted by Gasteiger charge is -2.32. The number of hydrogen-bond donors (Lipinski definition) is 3. The van der Waals surface area contributed by atoms with Gasteiger partial charge in [0.15, 0.2) is 11.5 Å². The number of ether oxygens (including phenoxy) is 2. The smallest absolute Gasteiger partial charge is 0.254 e. The molecule has 0 spiro atoms. The third kappa shape index (κ3) is 4.71. The van der Waals surface area contributed by atoms with Gasteiger partial charge in [-0.25, -0.2) is 0 Å². The molecule has 2 amide bonds. The number of rotatable bonds is 5. The maximum absolute atomic E-state index is 12.6. The van der Waals surface area contributed by atoms with Gasteiger partial charge in [-0.1, -0.05) is 0 Å². The summed E-state index contributed by atoms with van der Waals surface area (Å²) in [5.41, 5.74) is 0.701. The minimum Gasteiger partial charge on any atom is -0.508 e. The highest BCUT2D eigenvalue weighted by Crippen LogP contribution is 2.28. The van der Waals surface area contributed by atoms with Crippen LogP contribution in [0.2, 0.25) is 0 Å². The van der Waals surface area contributed by atoms with E-state index in [0.29, 0.717) is 43.0 Å². The van der Waals surface area contributed by atoms with Crippen molar-refractivity contribution in [1.29, 1.82) is 0 Å². The molecule has 1 fully saturated rings. The van der Waals surface area contributed by atoms with Gasteiger partial charge >= 0.3 is 0 Å². The van der Waals surface area contributed by atoms with Crippen molar-refractivity contribution in [2.24, 2.45) is 0 Å². The summed E-state index contributed by atoms with van der Waals surface area (Å²) in [4.78, 5) is 26.8. The van der Waals surface area contributed by atoms with Crippen LogP contribution in [0, 0.1) is 0 Å². The normalized spacial score (nSPS) is 14.3. The summed E-state index contributed by atoms with van der Waals surface area (Å²) in [7, 11) is 3.04. The van der Waals surface area contributed by atoms with Crippen molar-refractivity contribution in [3.8, 4) is 23.0 Å². The zero-order valence-corrected chi connectivity index (χ0v) is 16.3. The molecule has 0 aromatic heterocycles.